The van der Waals surface area contributed by atoms with Crippen LogP contribution in [0.3, 0.4) is 0 Å². The smallest absolute Gasteiger partial charge is 0.288 e. The molecule has 1 amide bonds. The first-order valence-electron chi connectivity index (χ1n) is 5.99. The van der Waals surface area contributed by atoms with Gasteiger partial charge in [-0.3, -0.25) is 9.89 Å². The van der Waals surface area contributed by atoms with Gasteiger partial charge in [0.25, 0.3) is 5.91 Å². The van der Waals surface area contributed by atoms with Gasteiger partial charge >= 0.3 is 0 Å². The van der Waals surface area contributed by atoms with Gasteiger partial charge in [-0.25, -0.2) is 9.97 Å². The SMILES string of the molecule is O=C(NCCn1ccnc1C1CC1)c1ncn[nH]1. The highest BCUT2D eigenvalue weighted by molar-refractivity contribution is 5.90. The van der Waals surface area contributed by atoms with Crippen molar-refractivity contribution in [1.82, 2.24) is 30.0 Å². The Kier molecular flexibility index (Phi) is 2.79. The molecule has 94 valence electrons. The van der Waals surface area contributed by atoms with Gasteiger partial charge in [0.1, 0.15) is 12.2 Å². The molecule has 7 nitrogen and oxygen atoms in total. The van der Waals surface area contributed by atoms with Crippen LogP contribution < -0.4 is 5.32 Å². The summed E-state index contributed by atoms with van der Waals surface area (Å²) in [6.07, 6.45) is 7.53. The fourth-order valence-electron chi connectivity index (χ4n) is 1.90. The van der Waals surface area contributed by atoms with Crippen molar-refractivity contribution in [2.45, 2.75) is 25.3 Å². The van der Waals surface area contributed by atoms with Gasteiger partial charge in [0.15, 0.2) is 0 Å². The molecule has 0 spiro atoms. The highest BCUT2D eigenvalue weighted by Gasteiger charge is 2.27. The van der Waals surface area contributed by atoms with E-state index in [0.717, 1.165) is 12.4 Å². The van der Waals surface area contributed by atoms with E-state index in [-0.39, 0.29) is 11.7 Å². The Morgan fingerprint density at radius 3 is 3.11 bits per heavy atom. The average Bonchev–Trinajstić information content (AvgIpc) is 2.92. The number of hydrogen-bond acceptors (Lipinski definition) is 4. The van der Waals surface area contributed by atoms with Crippen molar-refractivity contribution in [3.05, 3.63) is 30.4 Å². The molecule has 2 aromatic rings. The Balaban J connectivity index is 1.52. The van der Waals surface area contributed by atoms with Crippen LogP contribution in [-0.4, -0.2) is 37.2 Å². The van der Waals surface area contributed by atoms with Crippen LogP contribution in [0.2, 0.25) is 0 Å². The Bertz CT molecular complexity index is 527. The highest BCUT2D eigenvalue weighted by Crippen LogP contribution is 2.38. The first kappa shape index (κ1) is 10.9. The fourth-order valence-corrected chi connectivity index (χ4v) is 1.90. The molecule has 3 rings (SSSR count). The molecule has 0 aliphatic heterocycles. The van der Waals surface area contributed by atoms with Crippen LogP contribution in [0.4, 0.5) is 0 Å². The summed E-state index contributed by atoms with van der Waals surface area (Å²) < 4.78 is 2.10. The average molecular weight is 246 g/mol. The molecule has 2 aromatic heterocycles. The zero-order valence-corrected chi connectivity index (χ0v) is 9.83. The predicted molar refractivity (Wildman–Crippen MR) is 62.9 cm³/mol. The second-order valence-electron chi connectivity index (χ2n) is 4.34. The van der Waals surface area contributed by atoms with Gasteiger partial charge in [0.2, 0.25) is 5.82 Å². The lowest BCUT2D eigenvalue weighted by Crippen LogP contribution is -2.28. The number of H-pyrrole nitrogens is 1. The first-order chi connectivity index (χ1) is 8.84. The van der Waals surface area contributed by atoms with E-state index in [1.54, 1.807) is 0 Å². The normalized spacial score (nSPS) is 14.7. The third-order valence-electron chi connectivity index (χ3n) is 2.96. The minimum absolute atomic E-state index is 0.236. The van der Waals surface area contributed by atoms with E-state index in [9.17, 15) is 4.79 Å². The molecule has 2 heterocycles. The lowest BCUT2D eigenvalue weighted by Gasteiger charge is -2.07. The summed E-state index contributed by atoms with van der Waals surface area (Å²) in [6, 6.07) is 0. The van der Waals surface area contributed by atoms with E-state index in [2.05, 4.69) is 30.0 Å². The molecule has 1 fully saturated rings. The van der Waals surface area contributed by atoms with Crippen molar-refractivity contribution >= 4 is 5.91 Å². The van der Waals surface area contributed by atoms with E-state index < -0.39 is 0 Å². The Morgan fingerprint density at radius 1 is 1.50 bits per heavy atom. The molecule has 0 unspecified atom stereocenters. The minimum atomic E-state index is -0.236. The van der Waals surface area contributed by atoms with Crippen LogP contribution in [0.25, 0.3) is 0 Å². The summed E-state index contributed by atoms with van der Waals surface area (Å²) in [4.78, 5) is 19.7. The van der Waals surface area contributed by atoms with E-state index in [0.29, 0.717) is 12.5 Å². The van der Waals surface area contributed by atoms with Crippen molar-refractivity contribution in [3.8, 4) is 0 Å². The second kappa shape index (κ2) is 4.59. The summed E-state index contributed by atoms with van der Waals surface area (Å²) in [5.41, 5.74) is 0. The van der Waals surface area contributed by atoms with Crippen LogP contribution in [0.5, 0.6) is 0 Å². The number of rotatable bonds is 5. The third kappa shape index (κ3) is 2.24. The molecular weight excluding hydrogens is 232 g/mol. The number of aromatic nitrogens is 5. The molecule has 0 aromatic carbocycles. The van der Waals surface area contributed by atoms with Crippen LogP contribution in [-0.2, 0) is 6.54 Å². The van der Waals surface area contributed by atoms with Crippen molar-refractivity contribution in [3.63, 3.8) is 0 Å². The zero-order chi connectivity index (χ0) is 12.4. The van der Waals surface area contributed by atoms with Gasteiger partial charge in [-0.1, -0.05) is 0 Å². The summed E-state index contributed by atoms with van der Waals surface area (Å²) >= 11 is 0. The van der Waals surface area contributed by atoms with Gasteiger partial charge < -0.3 is 9.88 Å². The van der Waals surface area contributed by atoms with Gasteiger partial charge in [0.05, 0.1) is 0 Å². The number of amides is 1. The Hall–Kier alpha value is -2.18. The Morgan fingerprint density at radius 2 is 2.39 bits per heavy atom. The number of nitrogens with one attached hydrogen (secondary N) is 2. The molecule has 0 saturated heterocycles. The molecule has 7 heteroatoms. The van der Waals surface area contributed by atoms with E-state index >= 15 is 0 Å². The van der Waals surface area contributed by atoms with Gasteiger partial charge in [-0.05, 0) is 12.8 Å². The lowest BCUT2D eigenvalue weighted by atomic mass is 10.4. The minimum Gasteiger partial charge on any atom is -0.348 e. The summed E-state index contributed by atoms with van der Waals surface area (Å²) in [5.74, 6) is 1.75. The molecule has 0 radical (unpaired) electrons. The molecule has 0 atom stereocenters. The lowest BCUT2D eigenvalue weighted by molar-refractivity contribution is 0.0942. The van der Waals surface area contributed by atoms with Crippen molar-refractivity contribution in [2.75, 3.05) is 6.54 Å². The van der Waals surface area contributed by atoms with Crippen LogP contribution in [0.1, 0.15) is 35.2 Å². The number of aromatic amines is 1. The molecule has 0 bridgehead atoms. The summed E-state index contributed by atoms with van der Waals surface area (Å²) in [6.45, 7) is 1.28. The van der Waals surface area contributed by atoms with E-state index in [1.807, 2.05) is 12.4 Å². The molecule has 1 aliphatic rings. The van der Waals surface area contributed by atoms with Crippen LogP contribution >= 0.6 is 0 Å². The van der Waals surface area contributed by atoms with Gasteiger partial charge in [0, 0.05) is 31.4 Å². The number of imidazole rings is 1. The Labute approximate surface area is 104 Å². The maximum atomic E-state index is 11.6. The van der Waals surface area contributed by atoms with Gasteiger partial charge in [-0.15, -0.1) is 0 Å². The van der Waals surface area contributed by atoms with Crippen molar-refractivity contribution < 1.29 is 4.79 Å². The standard InChI is InChI=1S/C11H14N6O/c18-11(9-14-7-15-16-9)13-4-6-17-5-3-12-10(17)8-1-2-8/h3,5,7-8H,1-2,4,6H2,(H,13,18)(H,14,15,16). The highest BCUT2D eigenvalue weighted by atomic mass is 16.2. The first-order valence-corrected chi connectivity index (χ1v) is 5.99. The fraction of sp³-hybridized carbons (Fsp3) is 0.455. The van der Waals surface area contributed by atoms with Crippen molar-refractivity contribution in [2.24, 2.45) is 0 Å². The van der Waals surface area contributed by atoms with E-state index in [4.69, 9.17) is 0 Å². The zero-order valence-electron chi connectivity index (χ0n) is 9.83. The molecule has 2 N–H and O–H groups in total. The number of hydrogen-bond donors (Lipinski definition) is 2. The van der Waals surface area contributed by atoms with Gasteiger partial charge in [-0.2, -0.15) is 5.10 Å². The quantitative estimate of drug-likeness (QED) is 0.794. The van der Waals surface area contributed by atoms with Crippen molar-refractivity contribution in [1.29, 1.82) is 0 Å². The van der Waals surface area contributed by atoms with Crippen LogP contribution in [0, 0.1) is 0 Å². The monoisotopic (exact) mass is 246 g/mol. The number of nitrogens with zero attached hydrogens (tertiary/aromatic N) is 4. The molecule has 1 saturated carbocycles. The van der Waals surface area contributed by atoms with Crippen LogP contribution in [0.15, 0.2) is 18.7 Å². The van der Waals surface area contributed by atoms with E-state index in [1.165, 1.54) is 19.2 Å². The third-order valence-corrected chi connectivity index (χ3v) is 2.96. The summed E-state index contributed by atoms with van der Waals surface area (Å²) in [5, 5.41) is 8.95. The predicted octanol–water partition coefficient (Wildman–Crippen LogP) is 0.309. The number of carbonyl (C=O) groups excluding carboxylic acids is 1. The molecule has 1 aliphatic carbocycles. The molecule has 18 heavy (non-hydrogen) atoms. The largest absolute Gasteiger partial charge is 0.348 e. The topological polar surface area (TPSA) is 88.5 Å². The summed E-state index contributed by atoms with van der Waals surface area (Å²) in [7, 11) is 0. The molecular formula is C11H14N6O. The maximum absolute atomic E-state index is 11.6. The maximum Gasteiger partial charge on any atom is 0.288 e. The second-order valence-corrected chi connectivity index (χ2v) is 4.34. The number of carbonyl (C=O) groups is 1.